The van der Waals surface area contributed by atoms with Gasteiger partial charge in [-0.2, -0.15) is 5.10 Å². The van der Waals surface area contributed by atoms with Crippen molar-refractivity contribution in [1.29, 1.82) is 0 Å². The van der Waals surface area contributed by atoms with Gasteiger partial charge in [-0.25, -0.2) is 0 Å². The molecule has 1 heterocycles. The zero-order valence-electron chi connectivity index (χ0n) is 12.7. The Hall–Kier alpha value is -1.95. The highest BCUT2D eigenvalue weighted by Gasteiger charge is 2.16. The average Bonchev–Trinajstić information content (AvgIpc) is 2.90. The number of anilines is 1. The Morgan fingerprint density at radius 2 is 1.83 bits per heavy atom. The van der Waals surface area contributed by atoms with E-state index in [1.165, 1.54) is 16.4 Å². The van der Waals surface area contributed by atoms with Crippen molar-refractivity contribution < 1.29 is 4.79 Å². The van der Waals surface area contributed by atoms with Crippen LogP contribution in [0.4, 0.5) is 5.69 Å². The first kappa shape index (κ1) is 16.9. The fourth-order valence-corrected chi connectivity index (χ4v) is 3.38. The highest BCUT2D eigenvalue weighted by atomic mass is 35.5. The first-order chi connectivity index (χ1) is 11.5. The predicted octanol–water partition coefficient (Wildman–Crippen LogP) is 5.13. The Balaban J connectivity index is 1.82. The minimum Gasteiger partial charge on any atom is -0.319 e. The van der Waals surface area contributed by atoms with Crippen molar-refractivity contribution >= 4 is 46.6 Å². The summed E-state index contributed by atoms with van der Waals surface area (Å²) in [4.78, 5) is 14.3. The zero-order valence-corrected chi connectivity index (χ0v) is 15.0. The third-order valence-electron chi connectivity index (χ3n) is 3.18. The summed E-state index contributed by atoms with van der Waals surface area (Å²) in [6, 6.07) is 15.1. The van der Waals surface area contributed by atoms with Crippen LogP contribution in [-0.4, -0.2) is 15.7 Å². The van der Waals surface area contributed by atoms with E-state index in [-0.39, 0.29) is 11.6 Å². The van der Waals surface area contributed by atoms with Gasteiger partial charge in [-0.3, -0.25) is 9.48 Å². The molecule has 0 bridgehead atoms. The van der Waals surface area contributed by atoms with Crippen molar-refractivity contribution in [2.45, 2.75) is 9.79 Å². The van der Waals surface area contributed by atoms with Gasteiger partial charge in [0.25, 0.3) is 5.91 Å². The number of carbonyl (C=O) groups is 1. The number of nitrogens with zero attached hydrogens (tertiary/aromatic N) is 2. The molecule has 0 spiro atoms. The number of halogens is 2. The second-order valence-electron chi connectivity index (χ2n) is 5.01. The van der Waals surface area contributed by atoms with E-state index in [2.05, 4.69) is 10.4 Å². The van der Waals surface area contributed by atoms with Crippen molar-refractivity contribution in [3.8, 4) is 0 Å². The lowest BCUT2D eigenvalue weighted by Crippen LogP contribution is -2.14. The fourth-order valence-electron chi connectivity index (χ4n) is 2.08. The molecule has 2 aromatic carbocycles. The van der Waals surface area contributed by atoms with Crippen molar-refractivity contribution in [2.75, 3.05) is 5.32 Å². The fraction of sp³-hybridized carbons (Fsp3) is 0.0588. The molecule has 1 amide bonds. The number of amides is 1. The molecule has 0 radical (unpaired) electrons. The quantitative estimate of drug-likeness (QED) is 0.685. The van der Waals surface area contributed by atoms with Crippen molar-refractivity contribution in [3.63, 3.8) is 0 Å². The minimum atomic E-state index is -0.343. The van der Waals surface area contributed by atoms with Crippen LogP contribution in [0.3, 0.4) is 0 Å². The van der Waals surface area contributed by atoms with E-state index in [1.807, 2.05) is 48.5 Å². The Morgan fingerprint density at radius 3 is 2.50 bits per heavy atom. The molecule has 0 aliphatic heterocycles. The molecule has 0 unspecified atom stereocenters. The maximum absolute atomic E-state index is 12.4. The van der Waals surface area contributed by atoms with Crippen LogP contribution in [0.25, 0.3) is 0 Å². The van der Waals surface area contributed by atoms with Crippen molar-refractivity contribution in [1.82, 2.24) is 9.78 Å². The Labute approximate surface area is 153 Å². The lowest BCUT2D eigenvalue weighted by molar-refractivity contribution is 0.102. The summed E-state index contributed by atoms with van der Waals surface area (Å²) in [5, 5.41) is 7.95. The molecular formula is C17H13Cl2N3OS. The van der Waals surface area contributed by atoms with Crippen LogP contribution in [0.1, 0.15) is 10.5 Å². The summed E-state index contributed by atoms with van der Waals surface area (Å²) in [5.74, 6) is -0.343. The number of rotatable bonds is 4. The summed E-state index contributed by atoms with van der Waals surface area (Å²) < 4.78 is 1.51. The number of carbonyl (C=O) groups excluding carboxylic acids is 1. The standard InChI is InChI=1S/C17H13Cl2N3OS/c1-22-10-13(19)16(21-22)17(23)20-14-4-2-3-5-15(14)24-12-8-6-11(18)7-9-12/h2-10H,1H3,(H,20,23). The van der Waals surface area contributed by atoms with Gasteiger partial charge in [0.1, 0.15) is 0 Å². The van der Waals surface area contributed by atoms with Gasteiger partial charge < -0.3 is 5.32 Å². The van der Waals surface area contributed by atoms with Gasteiger partial charge in [0.05, 0.1) is 10.7 Å². The van der Waals surface area contributed by atoms with Gasteiger partial charge in [-0.05, 0) is 36.4 Å². The summed E-state index contributed by atoms with van der Waals surface area (Å²) >= 11 is 13.5. The number of hydrogen-bond acceptors (Lipinski definition) is 3. The number of hydrogen-bond donors (Lipinski definition) is 1. The van der Waals surface area contributed by atoms with Gasteiger partial charge in [0.15, 0.2) is 5.69 Å². The summed E-state index contributed by atoms with van der Waals surface area (Å²) in [6.07, 6.45) is 1.59. The molecular weight excluding hydrogens is 365 g/mol. The summed E-state index contributed by atoms with van der Waals surface area (Å²) in [7, 11) is 1.72. The van der Waals surface area contributed by atoms with Crippen molar-refractivity contribution in [2.24, 2.45) is 7.05 Å². The third kappa shape index (κ3) is 3.93. The maximum atomic E-state index is 12.4. The molecule has 0 saturated carbocycles. The topological polar surface area (TPSA) is 46.9 Å². The molecule has 0 saturated heterocycles. The number of nitrogens with one attached hydrogen (secondary N) is 1. The smallest absolute Gasteiger partial charge is 0.277 e. The van der Waals surface area contributed by atoms with E-state index < -0.39 is 0 Å². The van der Waals surface area contributed by atoms with E-state index >= 15 is 0 Å². The van der Waals surface area contributed by atoms with Gasteiger partial charge in [-0.1, -0.05) is 47.1 Å². The van der Waals surface area contributed by atoms with Crippen LogP contribution < -0.4 is 5.32 Å². The van der Waals surface area contributed by atoms with Crippen LogP contribution in [0.15, 0.2) is 64.5 Å². The van der Waals surface area contributed by atoms with Crippen molar-refractivity contribution in [3.05, 3.63) is 70.5 Å². The lowest BCUT2D eigenvalue weighted by Gasteiger charge is -2.10. The number of para-hydroxylation sites is 1. The van der Waals surface area contributed by atoms with Gasteiger partial charge in [-0.15, -0.1) is 0 Å². The number of aryl methyl sites for hydroxylation is 1. The van der Waals surface area contributed by atoms with Crippen LogP contribution in [0.5, 0.6) is 0 Å². The van der Waals surface area contributed by atoms with E-state index in [0.29, 0.717) is 15.7 Å². The van der Waals surface area contributed by atoms with Crippen LogP contribution in [0, 0.1) is 0 Å². The van der Waals surface area contributed by atoms with E-state index in [1.54, 1.807) is 13.2 Å². The van der Waals surface area contributed by atoms with Gasteiger partial charge in [0.2, 0.25) is 0 Å². The molecule has 0 aliphatic rings. The van der Waals surface area contributed by atoms with Crippen LogP contribution in [-0.2, 0) is 7.05 Å². The summed E-state index contributed by atoms with van der Waals surface area (Å²) in [5.41, 5.74) is 0.898. The van der Waals surface area contributed by atoms with E-state index in [4.69, 9.17) is 23.2 Å². The molecule has 4 nitrogen and oxygen atoms in total. The Kier molecular flexibility index (Phi) is 5.14. The normalized spacial score (nSPS) is 10.6. The summed E-state index contributed by atoms with van der Waals surface area (Å²) in [6.45, 7) is 0. The molecule has 7 heteroatoms. The van der Waals surface area contributed by atoms with Crippen LogP contribution in [0.2, 0.25) is 10.0 Å². The molecule has 3 aromatic rings. The molecule has 0 fully saturated rings. The minimum absolute atomic E-state index is 0.200. The Bertz CT molecular complexity index is 878. The molecule has 122 valence electrons. The van der Waals surface area contributed by atoms with Gasteiger partial charge >= 0.3 is 0 Å². The number of aromatic nitrogens is 2. The van der Waals surface area contributed by atoms with E-state index in [0.717, 1.165) is 9.79 Å². The van der Waals surface area contributed by atoms with Crippen LogP contribution >= 0.6 is 35.0 Å². The van der Waals surface area contributed by atoms with E-state index in [9.17, 15) is 4.79 Å². The highest BCUT2D eigenvalue weighted by Crippen LogP contribution is 2.34. The second kappa shape index (κ2) is 7.30. The predicted molar refractivity (Wildman–Crippen MR) is 98.2 cm³/mol. The zero-order chi connectivity index (χ0) is 17.1. The third-order valence-corrected chi connectivity index (χ3v) is 4.79. The molecule has 0 atom stereocenters. The first-order valence-corrected chi connectivity index (χ1v) is 8.63. The SMILES string of the molecule is Cn1cc(Cl)c(C(=O)Nc2ccccc2Sc2ccc(Cl)cc2)n1. The lowest BCUT2D eigenvalue weighted by atomic mass is 10.3. The molecule has 0 aliphatic carbocycles. The number of benzene rings is 2. The highest BCUT2D eigenvalue weighted by molar-refractivity contribution is 7.99. The molecule has 1 N–H and O–H groups in total. The Morgan fingerprint density at radius 1 is 1.12 bits per heavy atom. The average molecular weight is 378 g/mol. The maximum Gasteiger partial charge on any atom is 0.277 e. The molecule has 1 aromatic heterocycles. The largest absolute Gasteiger partial charge is 0.319 e. The first-order valence-electron chi connectivity index (χ1n) is 7.06. The molecule has 3 rings (SSSR count). The second-order valence-corrected chi connectivity index (χ2v) is 6.96. The molecule has 24 heavy (non-hydrogen) atoms. The van der Waals surface area contributed by atoms with Gasteiger partial charge in [0, 0.05) is 28.1 Å². The monoisotopic (exact) mass is 377 g/mol.